The van der Waals surface area contributed by atoms with Gasteiger partial charge in [-0.15, -0.1) is 22.7 Å². The smallest absolute Gasteiger partial charge is 0.260 e. The van der Waals surface area contributed by atoms with Crippen LogP contribution in [0.15, 0.2) is 27.7 Å². The highest BCUT2D eigenvalue weighted by atomic mass is 32.1. The van der Waals surface area contributed by atoms with E-state index in [9.17, 15) is 4.79 Å². The molecule has 0 amide bonds. The maximum absolute atomic E-state index is 12.6. The largest absolute Gasteiger partial charge is 0.382 e. The Morgan fingerprint density at radius 3 is 3.04 bits per heavy atom. The molecule has 3 heterocycles. The molecule has 3 rings (SSSR count). The lowest BCUT2D eigenvalue weighted by Crippen LogP contribution is -2.25. The minimum absolute atomic E-state index is 0.00369. The van der Waals surface area contributed by atoms with Gasteiger partial charge < -0.3 is 15.0 Å². The molecule has 3 aromatic rings. The van der Waals surface area contributed by atoms with E-state index in [1.807, 2.05) is 36.7 Å². The zero-order valence-electron chi connectivity index (χ0n) is 13.8. The molecule has 2 N–H and O–H groups in total. The Kier molecular flexibility index (Phi) is 5.78. The zero-order valence-corrected chi connectivity index (χ0v) is 15.4. The van der Waals surface area contributed by atoms with E-state index in [2.05, 4.69) is 15.3 Å². The molecule has 0 aliphatic carbocycles. The van der Waals surface area contributed by atoms with Gasteiger partial charge in [0, 0.05) is 29.0 Å². The van der Waals surface area contributed by atoms with E-state index in [1.165, 1.54) is 11.3 Å². The number of ether oxygens (including phenoxy) is 1. The minimum Gasteiger partial charge on any atom is -0.382 e. The van der Waals surface area contributed by atoms with Crippen LogP contribution < -0.4 is 10.9 Å². The Bertz CT molecular complexity index is 839. The van der Waals surface area contributed by atoms with Crippen molar-refractivity contribution in [2.45, 2.75) is 26.3 Å². The van der Waals surface area contributed by atoms with E-state index in [0.29, 0.717) is 11.2 Å². The molecular weight excluding hydrogens is 342 g/mol. The van der Waals surface area contributed by atoms with E-state index in [-0.39, 0.29) is 11.6 Å². The summed E-state index contributed by atoms with van der Waals surface area (Å²) in [6.45, 7) is 6.32. The van der Waals surface area contributed by atoms with E-state index in [4.69, 9.17) is 4.74 Å². The Balaban J connectivity index is 1.78. The van der Waals surface area contributed by atoms with Gasteiger partial charge in [0.05, 0.1) is 11.4 Å². The van der Waals surface area contributed by atoms with E-state index in [1.54, 1.807) is 11.3 Å². The Morgan fingerprint density at radius 1 is 1.42 bits per heavy atom. The van der Waals surface area contributed by atoms with Gasteiger partial charge in [0.25, 0.3) is 5.56 Å². The van der Waals surface area contributed by atoms with Crippen LogP contribution in [0.2, 0.25) is 0 Å². The first-order valence-corrected chi connectivity index (χ1v) is 9.83. The number of hydrogen-bond acceptors (Lipinski definition) is 6. The van der Waals surface area contributed by atoms with Gasteiger partial charge in [-0.2, -0.15) is 0 Å². The maximum Gasteiger partial charge on any atom is 0.260 e. The summed E-state index contributed by atoms with van der Waals surface area (Å²) in [5.41, 5.74) is 0.908. The first-order chi connectivity index (χ1) is 11.7. The molecule has 128 valence electrons. The van der Waals surface area contributed by atoms with Crippen molar-refractivity contribution in [3.63, 3.8) is 0 Å². The van der Waals surface area contributed by atoms with Gasteiger partial charge in [-0.1, -0.05) is 6.07 Å². The van der Waals surface area contributed by atoms with Gasteiger partial charge in [0.15, 0.2) is 0 Å². The number of aromatic nitrogens is 2. The van der Waals surface area contributed by atoms with Gasteiger partial charge in [0.2, 0.25) is 0 Å². The summed E-state index contributed by atoms with van der Waals surface area (Å²) in [5.74, 6) is 0.684. The molecule has 24 heavy (non-hydrogen) atoms. The summed E-state index contributed by atoms with van der Waals surface area (Å²) in [6.07, 6.45) is 0.937. The number of thiophene rings is 2. The molecule has 0 fully saturated rings. The van der Waals surface area contributed by atoms with Crippen molar-refractivity contribution in [2.75, 3.05) is 19.8 Å². The van der Waals surface area contributed by atoms with Crippen LogP contribution in [0.25, 0.3) is 20.7 Å². The summed E-state index contributed by atoms with van der Waals surface area (Å²) in [5, 5.41) is 8.10. The van der Waals surface area contributed by atoms with Gasteiger partial charge in [-0.25, -0.2) is 4.98 Å². The van der Waals surface area contributed by atoms with Crippen LogP contribution in [-0.4, -0.2) is 29.7 Å². The number of hydrogen-bond donors (Lipinski definition) is 2. The first-order valence-electron chi connectivity index (χ1n) is 8.07. The lowest BCUT2D eigenvalue weighted by molar-refractivity contribution is 0.144. The van der Waals surface area contributed by atoms with E-state index < -0.39 is 0 Å². The van der Waals surface area contributed by atoms with Crippen molar-refractivity contribution in [2.24, 2.45) is 0 Å². The van der Waals surface area contributed by atoms with Crippen LogP contribution in [0, 0.1) is 0 Å². The quantitative estimate of drug-likeness (QED) is 0.598. The highest BCUT2D eigenvalue weighted by molar-refractivity contribution is 7.18. The third kappa shape index (κ3) is 3.75. The van der Waals surface area contributed by atoms with Crippen LogP contribution in [0.1, 0.15) is 32.1 Å². The predicted molar refractivity (Wildman–Crippen MR) is 101 cm³/mol. The maximum atomic E-state index is 12.6. The standard InChI is InChI=1S/C17H21N3O2S2/c1-3-22-8-5-7-18-11(2)15-19-16(21)14-12(10-24-17(14)20-15)13-6-4-9-23-13/h4,6,9-11,18H,3,5,7-8H2,1-2H3,(H,19,20,21)/t11-/m0/s1. The lowest BCUT2D eigenvalue weighted by Gasteiger charge is -2.13. The Labute approximate surface area is 148 Å². The van der Waals surface area contributed by atoms with Crippen molar-refractivity contribution >= 4 is 32.9 Å². The fourth-order valence-corrected chi connectivity index (χ4v) is 4.29. The Morgan fingerprint density at radius 2 is 2.29 bits per heavy atom. The molecule has 5 nitrogen and oxygen atoms in total. The van der Waals surface area contributed by atoms with E-state index in [0.717, 1.165) is 41.5 Å². The van der Waals surface area contributed by atoms with E-state index >= 15 is 0 Å². The van der Waals surface area contributed by atoms with Crippen LogP contribution in [0.4, 0.5) is 0 Å². The zero-order chi connectivity index (χ0) is 16.9. The van der Waals surface area contributed by atoms with Crippen LogP contribution in [-0.2, 0) is 4.74 Å². The number of fused-ring (bicyclic) bond motifs is 1. The lowest BCUT2D eigenvalue weighted by atomic mass is 10.2. The topological polar surface area (TPSA) is 67.0 Å². The second-order valence-electron chi connectivity index (χ2n) is 5.48. The molecule has 0 radical (unpaired) electrons. The molecule has 0 saturated carbocycles. The van der Waals surface area contributed by atoms with Gasteiger partial charge in [0.1, 0.15) is 10.7 Å². The average Bonchev–Trinajstić information content (AvgIpc) is 3.23. The monoisotopic (exact) mass is 363 g/mol. The normalized spacial score (nSPS) is 12.8. The summed E-state index contributed by atoms with van der Waals surface area (Å²) in [7, 11) is 0. The molecular formula is C17H21N3O2S2. The van der Waals surface area contributed by atoms with Crippen molar-refractivity contribution in [1.29, 1.82) is 0 Å². The summed E-state index contributed by atoms with van der Waals surface area (Å²) >= 11 is 3.15. The van der Waals surface area contributed by atoms with Gasteiger partial charge >= 0.3 is 0 Å². The van der Waals surface area contributed by atoms with Crippen LogP contribution in [0.5, 0.6) is 0 Å². The van der Waals surface area contributed by atoms with Crippen molar-refractivity contribution < 1.29 is 4.74 Å². The Hall–Kier alpha value is -1.54. The van der Waals surface area contributed by atoms with Crippen LogP contribution >= 0.6 is 22.7 Å². The third-order valence-electron chi connectivity index (χ3n) is 3.78. The number of nitrogens with zero attached hydrogens (tertiary/aromatic N) is 1. The molecule has 0 aromatic carbocycles. The molecule has 0 unspecified atom stereocenters. The molecule has 0 saturated heterocycles. The van der Waals surface area contributed by atoms with Crippen molar-refractivity contribution in [3.05, 3.63) is 39.1 Å². The average molecular weight is 364 g/mol. The third-order valence-corrected chi connectivity index (χ3v) is 5.55. The minimum atomic E-state index is -0.0670. The molecule has 7 heteroatoms. The van der Waals surface area contributed by atoms with Crippen molar-refractivity contribution in [3.8, 4) is 10.4 Å². The van der Waals surface area contributed by atoms with Gasteiger partial charge in [-0.05, 0) is 38.3 Å². The number of nitrogens with one attached hydrogen (secondary N) is 2. The number of rotatable bonds is 8. The molecule has 0 aliphatic heterocycles. The fraction of sp³-hybridized carbons (Fsp3) is 0.412. The van der Waals surface area contributed by atoms with Crippen LogP contribution in [0.3, 0.4) is 0 Å². The molecule has 0 aliphatic rings. The van der Waals surface area contributed by atoms with Gasteiger partial charge in [-0.3, -0.25) is 4.79 Å². The second-order valence-corrected chi connectivity index (χ2v) is 7.29. The summed E-state index contributed by atoms with van der Waals surface area (Å²) < 4.78 is 5.33. The molecule has 1 atom stereocenters. The summed E-state index contributed by atoms with van der Waals surface area (Å²) in [4.78, 5) is 22.1. The SMILES string of the molecule is CCOCCCN[C@@H](C)c1nc2scc(-c3cccs3)c2c(=O)[nH]1. The molecule has 0 bridgehead atoms. The highest BCUT2D eigenvalue weighted by Crippen LogP contribution is 2.33. The molecule has 0 spiro atoms. The highest BCUT2D eigenvalue weighted by Gasteiger charge is 2.15. The number of H-pyrrole nitrogens is 1. The van der Waals surface area contributed by atoms with Crippen molar-refractivity contribution in [1.82, 2.24) is 15.3 Å². The fourth-order valence-electron chi connectivity index (χ4n) is 2.52. The first kappa shape index (κ1) is 17.3. The second kappa shape index (κ2) is 8.02. The summed E-state index contributed by atoms with van der Waals surface area (Å²) in [6, 6.07) is 4.02. The predicted octanol–water partition coefficient (Wildman–Crippen LogP) is 3.79. The number of aromatic amines is 1. The molecule has 3 aromatic heterocycles.